The second-order valence-corrected chi connectivity index (χ2v) is 3.58. The molecule has 1 N–H and O–H groups in total. The van der Waals surface area contributed by atoms with Crippen LogP contribution in [0.5, 0.6) is 5.75 Å². The standard InChI is InChI=1S/C12H11NO5/c14-6-2-1-3-9-10-7-17-8-18-12(10)5-4-11(9)13(15)16/h4-5,14H,2,6-8H2. The summed E-state index contributed by atoms with van der Waals surface area (Å²) in [6.45, 7) is 0.289. The van der Waals surface area contributed by atoms with E-state index in [1.807, 2.05) is 0 Å². The van der Waals surface area contributed by atoms with Crippen LogP contribution < -0.4 is 4.74 Å². The number of aliphatic hydroxyl groups excluding tert-OH is 1. The third kappa shape index (κ3) is 2.42. The number of nitro groups is 1. The molecule has 6 heteroatoms. The third-order valence-corrected chi connectivity index (χ3v) is 2.44. The van der Waals surface area contributed by atoms with Crippen molar-refractivity contribution in [1.29, 1.82) is 0 Å². The van der Waals surface area contributed by atoms with E-state index in [1.54, 1.807) is 6.07 Å². The van der Waals surface area contributed by atoms with Crippen molar-refractivity contribution in [3.8, 4) is 17.6 Å². The lowest BCUT2D eigenvalue weighted by Gasteiger charge is -2.18. The lowest BCUT2D eigenvalue weighted by Crippen LogP contribution is -2.13. The highest BCUT2D eigenvalue weighted by Crippen LogP contribution is 2.32. The van der Waals surface area contributed by atoms with Crippen molar-refractivity contribution in [2.24, 2.45) is 0 Å². The van der Waals surface area contributed by atoms with Crippen LogP contribution in [0, 0.1) is 22.0 Å². The van der Waals surface area contributed by atoms with E-state index < -0.39 is 4.92 Å². The number of hydrogen-bond donors (Lipinski definition) is 1. The number of aliphatic hydroxyl groups is 1. The molecular weight excluding hydrogens is 238 g/mol. The van der Waals surface area contributed by atoms with Crippen LogP contribution in [0.2, 0.25) is 0 Å². The first-order valence-electron chi connectivity index (χ1n) is 5.34. The maximum absolute atomic E-state index is 10.9. The van der Waals surface area contributed by atoms with Crippen LogP contribution in [0.3, 0.4) is 0 Å². The molecule has 0 bridgehead atoms. The summed E-state index contributed by atoms with van der Waals surface area (Å²) in [5.74, 6) is 5.95. The second kappa shape index (κ2) is 5.49. The molecular formula is C12H11NO5. The molecule has 0 unspecified atom stereocenters. The molecule has 1 aromatic rings. The van der Waals surface area contributed by atoms with E-state index in [4.69, 9.17) is 14.6 Å². The van der Waals surface area contributed by atoms with Crippen LogP contribution in [-0.4, -0.2) is 23.4 Å². The first-order valence-corrected chi connectivity index (χ1v) is 5.34. The summed E-state index contributed by atoms with van der Waals surface area (Å²) in [5, 5.41) is 19.6. The topological polar surface area (TPSA) is 81.8 Å². The van der Waals surface area contributed by atoms with Crippen molar-refractivity contribution in [2.45, 2.75) is 13.0 Å². The Balaban J connectivity index is 2.50. The van der Waals surface area contributed by atoms with Gasteiger partial charge in [0.15, 0.2) is 6.79 Å². The van der Waals surface area contributed by atoms with Crippen molar-refractivity contribution in [2.75, 3.05) is 13.4 Å². The molecule has 94 valence electrons. The number of hydrogen-bond acceptors (Lipinski definition) is 5. The van der Waals surface area contributed by atoms with E-state index in [0.29, 0.717) is 16.9 Å². The SMILES string of the molecule is O=[N+]([O-])c1ccc2c(c1C#CCCO)COCO2. The summed E-state index contributed by atoms with van der Waals surface area (Å²) >= 11 is 0. The van der Waals surface area contributed by atoms with Crippen molar-refractivity contribution in [1.82, 2.24) is 0 Å². The van der Waals surface area contributed by atoms with Gasteiger partial charge in [-0.3, -0.25) is 10.1 Å². The predicted molar refractivity (Wildman–Crippen MR) is 62.0 cm³/mol. The maximum atomic E-state index is 10.9. The van der Waals surface area contributed by atoms with Crippen LogP contribution in [0.4, 0.5) is 5.69 Å². The molecule has 1 aliphatic rings. The lowest BCUT2D eigenvalue weighted by atomic mass is 10.0. The van der Waals surface area contributed by atoms with Crippen molar-refractivity contribution < 1.29 is 19.5 Å². The molecule has 1 aromatic carbocycles. The zero-order valence-electron chi connectivity index (χ0n) is 9.51. The van der Waals surface area contributed by atoms with E-state index in [2.05, 4.69) is 11.8 Å². The van der Waals surface area contributed by atoms with E-state index >= 15 is 0 Å². The second-order valence-electron chi connectivity index (χ2n) is 3.58. The highest BCUT2D eigenvalue weighted by molar-refractivity contribution is 5.60. The van der Waals surface area contributed by atoms with Crippen molar-refractivity contribution >= 4 is 5.69 Å². The molecule has 2 rings (SSSR count). The smallest absolute Gasteiger partial charge is 0.285 e. The Bertz CT molecular complexity index is 529. The zero-order valence-corrected chi connectivity index (χ0v) is 9.51. The Morgan fingerprint density at radius 2 is 2.33 bits per heavy atom. The summed E-state index contributed by atoms with van der Waals surface area (Å²) in [4.78, 5) is 10.5. The largest absolute Gasteiger partial charge is 0.467 e. The number of benzene rings is 1. The van der Waals surface area contributed by atoms with Crippen LogP contribution >= 0.6 is 0 Å². The van der Waals surface area contributed by atoms with Gasteiger partial charge >= 0.3 is 0 Å². The maximum Gasteiger partial charge on any atom is 0.285 e. The molecule has 0 aromatic heterocycles. The van der Waals surface area contributed by atoms with Gasteiger partial charge in [0, 0.05) is 18.1 Å². The van der Waals surface area contributed by atoms with Crippen LogP contribution in [0.1, 0.15) is 17.5 Å². The van der Waals surface area contributed by atoms with Gasteiger partial charge in [-0.2, -0.15) is 0 Å². The van der Waals surface area contributed by atoms with E-state index in [9.17, 15) is 10.1 Å². The summed E-state index contributed by atoms with van der Waals surface area (Å²) in [6.07, 6.45) is 0.266. The highest BCUT2D eigenvalue weighted by atomic mass is 16.7. The molecule has 0 amide bonds. The van der Waals surface area contributed by atoms with E-state index in [1.165, 1.54) is 6.07 Å². The Kier molecular flexibility index (Phi) is 3.77. The minimum absolute atomic E-state index is 0.0757. The van der Waals surface area contributed by atoms with Crippen LogP contribution in [-0.2, 0) is 11.3 Å². The fourth-order valence-corrected chi connectivity index (χ4v) is 1.64. The van der Waals surface area contributed by atoms with Gasteiger partial charge in [-0.05, 0) is 6.07 Å². The van der Waals surface area contributed by atoms with Crippen LogP contribution in [0.15, 0.2) is 12.1 Å². The lowest BCUT2D eigenvalue weighted by molar-refractivity contribution is -0.385. The first-order chi connectivity index (χ1) is 8.74. The van der Waals surface area contributed by atoms with Crippen molar-refractivity contribution in [3.63, 3.8) is 0 Å². The molecule has 0 atom stereocenters. The van der Waals surface area contributed by atoms with Gasteiger partial charge in [-0.25, -0.2) is 0 Å². The van der Waals surface area contributed by atoms with Gasteiger partial charge in [0.1, 0.15) is 11.3 Å². The minimum Gasteiger partial charge on any atom is -0.467 e. The van der Waals surface area contributed by atoms with Gasteiger partial charge in [-0.1, -0.05) is 11.8 Å². The summed E-state index contributed by atoms with van der Waals surface area (Å²) in [5.41, 5.74) is 0.805. The van der Waals surface area contributed by atoms with Gasteiger partial charge in [0.25, 0.3) is 5.69 Å². The monoisotopic (exact) mass is 249 g/mol. The van der Waals surface area contributed by atoms with Gasteiger partial charge in [-0.15, -0.1) is 0 Å². The molecule has 1 heterocycles. The summed E-state index contributed by atoms with van der Waals surface area (Å²) in [6, 6.07) is 2.92. The molecule has 1 aliphatic heterocycles. The molecule has 0 fully saturated rings. The van der Waals surface area contributed by atoms with Gasteiger partial charge < -0.3 is 14.6 Å². The fraction of sp³-hybridized carbons (Fsp3) is 0.333. The number of rotatable bonds is 2. The molecule has 0 radical (unpaired) electrons. The van der Waals surface area contributed by atoms with E-state index in [-0.39, 0.29) is 32.1 Å². The number of nitro benzene ring substituents is 1. The quantitative estimate of drug-likeness (QED) is 0.483. The Hall–Kier alpha value is -2.10. The Morgan fingerprint density at radius 1 is 1.50 bits per heavy atom. The first kappa shape index (κ1) is 12.4. The number of ether oxygens (including phenoxy) is 2. The van der Waals surface area contributed by atoms with E-state index in [0.717, 1.165) is 0 Å². The summed E-state index contributed by atoms with van der Waals surface area (Å²) < 4.78 is 10.4. The zero-order chi connectivity index (χ0) is 13.0. The van der Waals surface area contributed by atoms with Gasteiger partial charge in [0.05, 0.1) is 18.1 Å². The molecule has 6 nitrogen and oxygen atoms in total. The molecule has 0 saturated carbocycles. The molecule has 0 saturated heterocycles. The summed E-state index contributed by atoms with van der Waals surface area (Å²) in [7, 11) is 0. The number of fused-ring (bicyclic) bond motifs is 1. The number of nitrogens with zero attached hydrogens (tertiary/aromatic N) is 1. The predicted octanol–water partition coefficient (Wildman–Crippen LogP) is 1.20. The minimum atomic E-state index is -0.488. The molecule has 18 heavy (non-hydrogen) atoms. The molecule has 0 aliphatic carbocycles. The van der Waals surface area contributed by atoms with Crippen molar-refractivity contribution in [3.05, 3.63) is 33.4 Å². The fourth-order valence-electron chi connectivity index (χ4n) is 1.64. The Labute approximate surface area is 103 Å². The average molecular weight is 249 g/mol. The Morgan fingerprint density at radius 3 is 3.06 bits per heavy atom. The highest BCUT2D eigenvalue weighted by Gasteiger charge is 2.22. The third-order valence-electron chi connectivity index (χ3n) is 2.44. The molecule has 0 spiro atoms. The van der Waals surface area contributed by atoms with Crippen LogP contribution in [0.25, 0.3) is 0 Å². The normalized spacial score (nSPS) is 12.9. The van der Waals surface area contributed by atoms with Gasteiger partial charge in [0.2, 0.25) is 0 Å². The average Bonchev–Trinajstić information content (AvgIpc) is 2.38.